The number of fused-ring (bicyclic) bond motifs is 2. The zero-order valence-electron chi connectivity index (χ0n) is 19.1. The van der Waals surface area contributed by atoms with E-state index in [9.17, 15) is 24.6 Å². The van der Waals surface area contributed by atoms with Crippen molar-refractivity contribution < 1.29 is 38.8 Å². The van der Waals surface area contributed by atoms with Crippen LogP contribution in [0.25, 0.3) is 0 Å². The minimum atomic E-state index is -2.13. The van der Waals surface area contributed by atoms with Gasteiger partial charge in [0.05, 0.1) is 12.0 Å². The molecule has 0 radical (unpaired) electrons. The lowest BCUT2D eigenvalue weighted by molar-refractivity contribution is -0.455. The van der Waals surface area contributed by atoms with E-state index in [4.69, 9.17) is 14.2 Å². The number of hydrogen-bond donors (Lipinski definition) is 2. The van der Waals surface area contributed by atoms with Crippen LogP contribution in [0.5, 0.6) is 0 Å². The minimum absolute atomic E-state index is 0.00120. The molecule has 0 aromatic heterocycles. The van der Waals surface area contributed by atoms with Gasteiger partial charge in [0, 0.05) is 31.1 Å². The molecule has 4 aliphatic carbocycles. The number of carbonyl (C=O) groups excluding carboxylic acids is 3. The fourth-order valence-corrected chi connectivity index (χ4v) is 8.52. The van der Waals surface area contributed by atoms with Gasteiger partial charge in [0.2, 0.25) is 5.79 Å². The van der Waals surface area contributed by atoms with Gasteiger partial charge in [0.1, 0.15) is 18.3 Å². The number of ether oxygens (including phenoxy) is 3. The van der Waals surface area contributed by atoms with Gasteiger partial charge in [-0.05, 0) is 42.6 Å². The molecule has 2 aliphatic heterocycles. The Morgan fingerprint density at radius 1 is 1.16 bits per heavy atom. The fraction of sp³-hybridized carbons (Fsp3) is 0.792. The number of rotatable bonds is 2. The molecule has 4 bridgehead atoms. The van der Waals surface area contributed by atoms with E-state index in [2.05, 4.69) is 6.58 Å². The highest BCUT2D eigenvalue weighted by atomic mass is 16.6. The number of ketones is 1. The van der Waals surface area contributed by atoms with E-state index in [-0.39, 0.29) is 24.7 Å². The van der Waals surface area contributed by atoms with E-state index >= 15 is 0 Å². The van der Waals surface area contributed by atoms with Crippen LogP contribution in [0.4, 0.5) is 0 Å². The van der Waals surface area contributed by atoms with E-state index in [1.165, 1.54) is 13.8 Å². The second kappa shape index (κ2) is 6.42. The van der Waals surface area contributed by atoms with Crippen molar-refractivity contribution in [2.24, 2.45) is 34.0 Å². The highest BCUT2D eigenvalue weighted by Crippen LogP contribution is 2.77. The Labute approximate surface area is 187 Å². The number of allylic oxidation sites excluding steroid dienone is 1. The van der Waals surface area contributed by atoms with E-state index in [0.717, 1.165) is 0 Å². The molecule has 2 N–H and O–H groups in total. The smallest absolute Gasteiger partial charge is 0.302 e. The molecule has 8 nitrogen and oxygen atoms in total. The van der Waals surface area contributed by atoms with Gasteiger partial charge in [-0.1, -0.05) is 20.4 Å². The molecule has 0 aromatic rings. The van der Waals surface area contributed by atoms with Crippen LogP contribution in [-0.2, 0) is 28.6 Å². The first-order valence-electron chi connectivity index (χ1n) is 11.5. The Morgan fingerprint density at radius 2 is 1.81 bits per heavy atom. The molecule has 2 saturated heterocycles. The largest absolute Gasteiger partial charge is 0.462 e. The van der Waals surface area contributed by atoms with Crippen LogP contribution >= 0.6 is 0 Å². The lowest BCUT2D eigenvalue weighted by Gasteiger charge is -2.74. The predicted octanol–water partition coefficient (Wildman–Crippen LogP) is 1.52. The summed E-state index contributed by atoms with van der Waals surface area (Å²) in [6, 6.07) is 0. The average Bonchev–Trinajstić information content (AvgIpc) is 2.87. The number of esters is 2. The summed E-state index contributed by atoms with van der Waals surface area (Å²) in [7, 11) is 0. The van der Waals surface area contributed by atoms with Gasteiger partial charge in [0.25, 0.3) is 0 Å². The standard InChI is InChI=1S/C24H32O8/c1-11-14-8-15(31-12(2)25)17-22-10-30-24(29,23(17,9-14)19(11)27)20(28)18(22)21(4,5)7-6-16(22)32-13(3)26/h14-18,20,28-29H,1,6-10H2,2-5H3/t14-,15?,16+,17+,18-,20+,22+,23+,24-/m1/s1. The first kappa shape index (κ1) is 22.0. The molecular formula is C24H32O8. The summed E-state index contributed by atoms with van der Waals surface area (Å²) < 4.78 is 17.7. The minimum Gasteiger partial charge on any atom is -0.462 e. The Bertz CT molecular complexity index is 925. The van der Waals surface area contributed by atoms with Crippen LogP contribution < -0.4 is 0 Å². The Hall–Kier alpha value is -1.77. The van der Waals surface area contributed by atoms with Gasteiger partial charge in [-0.3, -0.25) is 14.4 Å². The second-order valence-electron chi connectivity index (χ2n) is 11.2. The van der Waals surface area contributed by atoms with Crippen molar-refractivity contribution in [1.82, 2.24) is 0 Å². The molecule has 0 amide bonds. The molecule has 6 rings (SSSR count). The predicted molar refractivity (Wildman–Crippen MR) is 110 cm³/mol. The summed E-state index contributed by atoms with van der Waals surface area (Å²) in [5, 5.41) is 23.6. The molecule has 1 unspecified atom stereocenters. The number of carbonyl (C=O) groups is 3. The van der Waals surface area contributed by atoms with Crippen LogP contribution in [0.3, 0.4) is 0 Å². The third-order valence-corrected chi connectivity index (χ3v) is 9.35. The highest BCUT2D eigenvalue weighted by molar-refractivity contribution is 6.04. The summed E-state index contributed by atoms with van der Waals surface area (Å²) in [5.41, 5.74) is -2.57. The molecule has 2 heterocycles. The van der Waals surface area contributed by atoms with Crippen molar-refractivity contribution in [1.29, 1.82) is 0 Å². The lowest BCUT2D eigenvalue weighted by atomic mass is 9.35. The SMILES string of the molecule is C=C1C(=O)[C@]23C[C@H]1CC(OC(C)=O)[C@H]2[C@@]12CO[C@]3(O)[C@@H](O)[C@@H]1C(C)(C)CC[C@@H]2OC(C)=O. The van der Waals surface area contributed by atoms with Gasteiger partial charge in [-0.25, -0.2) is 0 Å². The van der Waals surface area contributed by atoms with Crippen LogP contribution in [0.1, 0.15) is 53.4 Å². The monoisotopic (exact) mass is 448 g/mol. The maximum Gasteiger partial charge on any atom is 0.302 e. The summed E-state index contributed by atoms with van der Waals surface area (Å²) >= 11 is 0. The van der Waals surface area contributed by atoms with Gasteiger partial charge < -0.3 is 24.4 Å². The normalized spacial score (nSPS) is 50.4. The zero-order chi connectivity index (χ0) is 23.4. The molecule has 0 aromatic carbocycles. The Morgan fingerprint density at radius 3 is 2.44 bits per heavy atom. The van der Waals surface area contributed by atoms with Crippen LogP contribution in [0.2, 0.25) is 0 Å². The molecule has 2 spiro atoms. The molecule has 9 atom stereocenters. The van der Waals surface area contributed by atoms with Crippen LogP contribution in [0.15, 0.2) is 12.2 Å². The van der Waals surface area contributed by atoms with Gasteiger partial charge >= 0.3 is 11.9 Å². The van der Waals surface area contributed by atoms with Crippen LogP contribution in [0, 0.1) is 34.0 Å². The number of Topliss-reactive ketones (excluding diaryl/α,β-unsaturated/α-hetero) is 1. The summed E-state index contributed by atoms with van der Waals surface area (Å²) in [6.07, 6.45) is -0.844. The van der Waals surface area contributed by atoms with Crippen molar-refractivity contribution in [3.63, 3.8) is 0 Å². The number of aliphatic hydroxyl groups is 2. The van der Waals surface area contributed by atoms with E-state index < -0.39 is 64.1 Å². The highest BCUT2D eigenvalue weighted by Gasteiger charge is 2.86. The maximum atomic E-state index is 13.8. The third kappa shape index (κ3) is 2.31. The first-order valence-corrected chi connectivity index (χ1v) is 11.5. The number of hydrogen-bond acceptors (Lipinski definition) is 8. The van der Waals surface area contributed by atoms with Crippen molar-refractivity contribution >= 4 is 17.7 Å². The lowest BCUT2D eigenvalue weighted by Crippen LogP contribution is -2.85. The van der Waals surface area contributed by atoms with E-state index in [0.29, 0.717) is 24.8 Å². The molecular weight excluding hydrogens is 416 g/mol. The Balaban J connectivity index is 1.80. The average molecular weight is 449 g/mol. The van der Waals surface area contributed by atoms with Crippen LogP contribution in [-0.4, -0.2) is 58.6 Å². The van der Waals surface area contributed by atoms with Gasteiger partial charge in [-0.15, -0.1) is 0 Å². The Kier molecular flexibility index (Phi) is 4.42. The first-order chi connectivity index (χ1) is 14.8. The zero-order valence-corrected chi connectivity index (χ0v) is 19.1. The fourth-order valence-electron chi connectivity index (χ4n) is 8.52. The maximum absolute atomic E-state index is 13.8. The van der Waals surface area contributed by atoms with Crippen molar-refractivity contribution in [2.45, 2.75) is 77.5 Å². The molecule has 4 saturated carbocycles. The summed E-state index contributed by atoms with van der Waals surface area (Å²) in [6.45, 7) is 10.7. The third-order valence-electron chi connectivity index (χ3n) is 9.35. The topological polar surface area (TPSA) is 119 Å². The molecule has 32 heavy (non-hydrogen) atoms. The summed E-state index contributed by atoms with van der Waals surface area (Å²) in [5.74, 6) is -4.89. The van der Waals surface area contributed by atoms with Crippen molar-refractivity contribution in [3.05, 3.63) is 12.2 Å². The van der Waals surface area contributed by atoms with Crippen molar-refractivity contribution in [2.75, 3.05) is 6.61 Å². The molecule has 6 aliphatic rings. The molecule has 8 heteroatoms. The molecule has 176 valence electrons. The molecule has 6 fully saturated rings. The van der Waals surface area contributed by atoms with Gasteiger partial charge in [0.15, 0.2) is 5.78 Å². The van der Waals surface area contributed by atoms with Gasteiger partial charge in [-0.2, -0.15) is 0 Å². The van der Waals surface area contributed by atoms with E-state index in [1.54, 1.807) is 0 Å². The quantitative estimate of drug-likeness (QED) is 0.482. The second-order valence-corrected chi connectivity index (χ2v) is 11.2. The van der Waals surface area contributed by atoms with Crippen molar-refractivity contribution in [3.8, 4) is 0 Å². The van der Waals surface area contributed by atoms with E-state index in [1.807, 2.05) is 13.8 Å². The summed E-state index contributed by atoms with van der Waals surface area (Å²) in [4.78, 5) is 38.0. The number of aliphatic hydroxyl groups excluding tert-OH is 1.